The van der Waals surface area contributed by atoms with E-state index in [1.807, 2.05) is 13.8 Å². The molecule has 0 unspecified atom stereocenters. The van der Waals surface area contributed by atoms with Crippen LogP contribution in [0.5, 0.6) is 0 Å². The van der Waals surface area contributed by atoms with Crippen molar-refractivity contribution in [2.75, 3.05) is 18.4 Å². The number of anilines is 1. The van der Waals surface area contributed by atoms with Gasteiger partial charge in [-0.2, -0.15) is 0 Å². The summed E-state index contributed by atoms with van der Waals surface area (Å²) in [4.78, 5) is 39.6. The van der Waals surface area contributed by atoms with Gasteiger partial charge >= 0.3 is 0 Å². The molecule has 8 heteroatoms. The van der Waals surface area contributed by atoms with Crippen LogP contribution in [0.25, 0.3) is 10.8 Å². The van der Waals surface area contributed by atoms with Gasteiger partial charge in [-0.15, -0.1) is 11.3 Å². The van der Waals surface area contributed by atoms with Crippen molar-refractivity contribution in [2.45, 2.75) is 13.8 Å². The van der Waals surface area contributed by atoms with Gasteiger partial charge in [0.2, 0.25) is 0 Å². The SMILES string of the molecule is CCN(CC)C(=O)c1ccccc1NC(=O)c1csc(-c2ncccn2)n1. The summed E-state index contributed by atoms with van der Waals surface area (Å²) in [6.45, 7) is 5.05. The molecule has 0 aliphatic carbocycles. The Hall–Kier alpha value is -3.13. The van der Waals surface area contributed by atoms with E-state index in [4.69, 9.17) is 0 Å². The highest BCUT2D eigenvalue weighted by molar-refractivity contribution is 7.13. The Morgan fingerprint density at radius 3 is 2.48 bits per heavy atom. The summed E-state index contributed by atoms with van der Waals surface area (Å²) in [5, 5.41) is 5.00. The van der Waals surface area contributed by atoms with Crippen molar-refractivity contribution in [3.05, 3.63) is 59.4 Å². The maximum absolute atomic E-state index is 12.7. The van der Waals surface area contributed by atoms with Gasteiger partial charge in [0.05, 0.1) is 11.3 Å². The molecule has 2 amide bonds. The van der Waals surface area contributed by atoms with Gasteiger partial charge in [-0.05, 0) is 32.0 Å². The fraction of sp³-hybridized carbons (Fsp3) is 0.211. The predicted octanol–water partition coefficient (Wildman–Crippen LogP) is 3.33. The number of benzene rings is 1. The molecule has 0 aliphatic rings. The van der Waals surface area contributed by atoms with Crippen molar-refractivity contribution in [2.24, 2.45) is 0 Å². The third-order valence-corrected chi connectivity index (χ3v) is 4.79. The molecular formula is C19H19N5O2S. The first-order chi connectivity index (χ1) is 13.1. The van der Waals surface area contributed by atoms with Gasteiger partial charge in [-0.1, -0.05) is 12.1 Å². The summed E-state index contributed by atoms with van der Waals surface area (Å²) in [5.74, 6) is -0.0283. The average molecular weight is 381 g/mol. The van der Waals surface area contributed by atoms with Crippen LogP contribution in [-0.4, -0.2) is 44.8 Å². The van der Waals surface area contributed by atoms with Gasteiger partial charge in [-0.25, -0.2) is 15.0 Å². The first-order valence-corrected chi connectivity index (χ1v) is 9.44. The predicted molar refractivity (Wildman–Crippen MR) is 105 cm³/mol. The Morgan fingerprint density at radius 2 is 1.78 bits per heavy atom. The van der Waals surface area contributed by atoms with E-state index >= 15 is 0 Å². The molecule has 0 radical (unpaired) electrons. The largest absolute Gasteiger partial charge is 0.339 e. The maximum Gasteiger partial charge on any atom is 0.275 e. The summed E-state index contributed by atoms with van der Waals surface area (Å²) in [7, 11) is 0. The molecule has 0 spiro atoms. The minimum absolute atomic E-state index is 0.118. The van der Waals surface area contributed by atoms with Crippen LogP contribution >= 0.6 is 11.3 Å². The number of para-hydroxylation sites is 1. The summed E-state index contributed by atoms with van der Waals surface area (Å²) in [5.41, 5.74) is 1.17. The van der Waals surface area contributed by atoms with E-state index in [0.29, 0.717) is 35.2 Å². The monoisotopic (exact) mass is 381 g/mol. The van der Waals surface area contributed by atoms with Crippen molar-refractivity contribution in [3.8, 4) is 10.8 Å². The third-order valence-electron chi connectivity index (χ3n) is 3.95. The Kier molecular flexibility index (Phi) is 5.87. The van der Waals surface area contributed by atoms with E-state index in [1.165, 1.54) is 11.3 Å². The van der Waals surface area contributed by atoms with Gasteiger partial charge in [-0.3, -0.25) is 9.59 Å². The van der Waals surface area contributed by atoms with E-state index in [2.05, 4.69) is 20.3 Å². The number of thiazole rings is 1. The standard InChI is InChI=1S/C19H19N5O2S/c1-3-24(4-2)19(26)13-8-5-6-9-14(13)22-17(25)15-12-27-18(23-15)16-20-10-7-11-21-16/h5-12H,3-4H2,1-2H3,(H,22,25). The van der Waals surface area contributed by atoms with Crippen LogP contribution in [0, 0.1) is 0 Å². The molecule has 0 saturated heterocycles. The second-order valence-electron chi connectivity index (χ2n) is 5.59. The van der Waals surface area contributed by atoms with E-state index in [0.717, 1.165) is 0 Å². The Bertz CT molecular complexity index is 938. The van der Waals surface area contributed by atoms with E-state index in [-0.39, 0.29) is 17.5 Å². The zero-order chi connectivity index (χ0) is 19.2. The van der Waals surface area contributed by atoms with Gasteiger partial charge in [0, 0.05) is 30.9 Å². The zero-order valence-corrected chi connectivity index (χ0v) is 15.9. The van der Waals surface area contributed by atoms with E-state index in [1.54, 1.807) is 53.0 Å². The van der Waals surface area contributed by atoms with E-state index in [9.17, 15) is 9.59 Å². The minimum Gasteiger partial charge on any atom is -0.339 e. The Balaban J connectivity index is 1.81. The number of rotatable bonds is 6. The summed E-state index contributed by atoms with van der Waals surface area (Å²) < 4.78 is 0. The van der Waals surface area contributed by atoms with Crippen LogP contribution < -0.4 is 5.32 Å². The molecule has 138 valence electrons. The number of nitrogens with one attached hydrogen (secondary N) is 1. The summed E-state index contributed by atoms with van der Waals surface area (Å²) in [6, 6.07) is 8.69. The quantitative estimate of drug-likeness (QED) is 0.707. The fourth-order valence-corrected chi connectivity index (χ4v) is 3.28. The molecule has 2 aromatic heterocycles. The highest BCUT2D eigenvalue weighted by Gasteiger charge is 2.19. The molecule has 0 aliphatic heterocycles. The highest BCUT2D eigenvalue weighted by Crippen LogP contribution is 2.22. The van der Waals surface area contributed by atoms with Crippen LogP contribution in [0.15, 0.2) is 48.1 Å². The van der Waals surface area contributed by atoms with Crippen molar-refractivity contribution in [1.82, 2.24) is 19.9 Å². The van der Waals surface area contributed by atoms with Crippen molar-refractivity contribution >= 4 is 28.8 Å². The van der Waals surface area contributed by atoms with E-state index < -0.39 is 0 Å². The molecule has 1 aromatic carbocycles. The van der Waals surface area contributed by atoms with Crippen LogP contribution in [0.4, 0.5) is 5.69 Å². The third kappa shape index (κ3) is 4.17. The summed E-state index contributed by atoms with van der Waals surface area (Å²) >= 11 is 1.29. The second kappa shape index (κ2) is 8.50. The van der Waals surface area contributed by atoms with Crippen LogP contribution in [-0.2, 0) is 0 Å². The van der Waals surface area contributed by atoms with Crippen molar-refractivity contribution in [3.63, 3.8) is 0 Å². The molecular weight excluding hydrogens is 362 g/mol. The molecule has 0 atom stereocenters. The molecule has 2 heterocycles. The molecule has 1 N–H and O–H groups in total. The molecule has 3 aromatic rings. The first kappa shape index (κ1) is 18.7. The second-order valence-corrected chi connectivity index (χ2v) is 6.45. The number of aromatic nitrogens is 3. The Labute approximate surface area is 161 Å². The highest BCUT2D eigenvalue weighted by atomic mass is 32.1. The molecule has 3 rings (SSSR count). The topological polar surface area (TPSA) is 88.1 Å². The molecule has 0 fully saturated rings. The lowest BCUT2D eigenvalue weighted by Gasteiger charge is -2.20. The Morgan fingerprint density at radius 1 is 1.07 bits per heavy atom. The number of amides is 2. The van der Waals surface area contributed by atoms with Gasteiger partial charge in [0.25, 0.3) is 11.8 Å². The molecule has 0 saturated carbocycles. The van der Waals surface area contributed by atoms with Crippen molar-refractivity contribution in [1.29, 1.82) is 0 Å². The normalized spacial score (nSPS) is 10.4. The van der Waals surface area contributed by atoms with Crippen molar-refractivity contribution < 1.29 is 9.59 Å². The molecule has 27 heavy (non-hydrogen) atoms. The van der Waals surface area contributed by atoms with Crippen LogP contribution in [0.3, 0.4) is 0 Å². The summed E-state index contributed by atoms with van der Waals surface area (Å²) in [6.07, 6.45) is 3.25. The molecule has 0 bridgehead atoms. The fourth-order valence-electron chi connectivity index (χ4n) is 2.54. The lowest BCUT2D eigenvalue weighted by molar-refractivity contribution is 0.0774. The average Bonchev–Trinajstić information content (AvgIpc) is 3.20. The van der Waals surface area contributed by atoms with Crippen LogP contribution in [0.1, 0.15) is 34.7 Å². The van der Waals surface area contributed by atoms with Gasteiger partial charge in [0.15, 0.2) is 10.8 Å². The smallest absolute Gasteiger partial charge is 0.275 e. The van der Waals surface area contributed by atoms with Crippen LogP contribution in [0.2, 0.25) is 0 Å². The lowest BCUT2D eigenvalue weighted by Crippen LogP contribution is -2.31. The first-order valence-electron chi connectivity index (χ1n) is 8.56. The number of hydrogen-bond donors (Lipinski definition) is 1. The molecule has 7 nitrogen and oxygen atoms in total. The number of carbonyl (C=O) groups excluding carboxylic acids is 2. The lowest BCUT2D eigenvalue weighted by atomic mass is 10.1. The number of carbonyl (C=O) groups is 2. The van der Waals surface area contributed by atoms with Gasteiger partial charge in [0.1, 0.15) is 5.69 Å². The number of hydrogen-bond acceptors (Lipinski definition) is 6. The minimum atomic E-state index is -0.381. The van der Waals surface area contributed by atoms with Gasteiger partial charge < -0.3 is 10.2 Å². The maximum atomic E-state index is 12.7. The zero-order valence-electron chi connectivity index (χ0n) is 15.0. The number of nitrogens with zero attached hydrogens (tertiary/aromatic N) is 4.